The number of ether oxygens (including phenoxy) is 3. The molecule has 0 N–H and O–H groups in total. The molecule has 0 aliphatic carbocycles. The summed E-state index contributed by atoms with van der Waals surface area (Å²) in [5.41, 5.74) is 0. The summed E-state index contributed by atoms with van der Waals surface area (Å²) in [4.78, 5) is 37.9. The van der Waals surface area contributed by atoms with Crippen LogP contribution in [0.1, 0.15) is 233 Å². The second kappa shape index (κ2) is 50.2. The molecular weight excluding hydrogens is 769 g/mol. The van der Waals surface area contributed by atoms with Crippen LogP contribution in [0.2, 0.25) is 0 Å². The summed E-state index contributed by atoms with van der Waals surface area (Å²) < 4.78 is 16.7. The number of carbonyl (C=O) groups is 3. The molecule has 0 fully saturated rings. The van der Waals surface area contributed by atoms with Gasteiger partial charge in [-0.1, -0.05) is 196 Å². The maximum absolute atomic E-state index is 12.8. The van der Waals surface area contributed by atoms with Crippen molar-refractivity contribution in [3.05, 3.63) is 85.1 Å². The summed E-state index contributed by atoms with van der Waals surface area (Å²) in [7, 11) is 0. The first-order chi connectivity index (χ1) is 30.5. The predicted octanol–water partition coefficient (Wildman–Crippen LogP) is 16.8. The normalized spacial score (nSPS) is 12.8. The van der Waals surface area contributed by atoms with E-state index in [0.717, 1.165) is 103 Å². The van der Waals surface area contributed by atoms with Gasteiger partial charge < -0.3 is 14.2 Å². The maximum atomic E-state index is 12.8. The number of hydrogen-bond acceptors (Lipinski definition) is 6. The minimum atomic E-state index is -0.797. The molecule has 0 heterocycles. The van der Waals surface area contributed by atoms with Crippen molar-refractivity contribution in [3.63, 3.8) is 0 Å². The molecule has 0 aromatic heterocycles. The van der Waals surface area contributed by atoms with Gasteiger partial charge in [-0.05, 0) is 103 Å². The summed E-state index contributed by atoms with van der Waals surface area (Å²) in [6, 6.07) is 0. The van der Waals surface area contributed by atoms with Crippen LogP contribution in [0.3, 0.4) is 0 Å². The summed E-state index contributed by atoms with van der Waals surface area (Å²) >= 11 is 0. The number of hydrogen-bond donors (Lipinski definition) is 0. The monoisotopic (exact) mass is 863 g/mol. The van der Waals surface area contributed by atoms with Crippen LogP contribution in [0.4, 0.5) is 0 Å². The lowest BCUT2D eigenvalue weighted by atomic mass is 10.1. The number of unbranched alkanes of at least 4 members (excludes halogenated alkanes) is 21. The van der Waals surface area contributed by atoms with Gasteiger partial charge in [0.15, 0.2) is 6.10 Å². The molecule has 0 aliphatic rings. The van der Waals surface area contributed by atoms with E-state index in [-0.39, 0.29) is 31.1 Å². The first kappa shape index (κ1) is 58.6. The molecule has 1 unspecified atom stereocenters. The van der Waals surface area contributed by atoms with Crippen LogP contribution >= 0.6 is 0 Å². The van der Waals surface area contributed by atoms with Crippen molar-refractivity contribution >= 4 is 17.9 Å². The van der Waals surface area contributed by atoms with E-state index in [0.29, 0.717) is 19.3 Å². The highest BCUT2D eigenvalue weighted by Gasteiger charge is 2.19. The molecule has 354 valence electrons. The molecule has 1 atom stereocenters. The van der Waals surface area contributed by atoms with E-state index >= 15 is 0 Å². The molecule has 0 spiro atoms. The van der Waals surface area contributed by atoms with Crippen LogP contribution in [0, 0.1) is 0 Å². The van der Waals surface area contributed by atoms with Gasteiger partial charge in [-0.2, -0.15) is 0 Å². The van der Waals surface area contributed by atoms with Crippen LogP contribution in [-0.4, -0.2) is 37.2 Å². The van der Waals surface area contributed by atoms with Gasteiger partial charge in [0, 0.05) is 19.3 Å². The second-order valence-electron chi connectivity index (χ2n) is 16.7. The summed E-state index contributed by atoms with van der Waals surface area (Å²) in [6.45, 7) is 6.33. The Morgan fingerprint density at radius 1 is 0.355 bits per heavy atom. The van der Waals surface area contributed by atoms with Crippen molar-refractivity contribution in [2.24, 2.45) is 0 Å². The molecule has 62 heavy (non-hydrogen) atoms. The summed E-state index contributed by atoms with van der Waals surface area (Å²) in [5, 5.41) is 0. The first-order valence-corrected chi connectivity index (χ1v) is 25.6. The van der Waals surface area contributed by atoms with Gasteiger partial charge in [-0.25, -0.2) is 0 Å². The van der Waals surface area contributed by atoms with Gasteiger partial charge in [0.2, 0.25) is 0 Å². The lowest BCUT2D eigenvalue weighted by Crippen LogP contribution is -2.30. The Morgan fingerprint density at radius 3 is 1.11 bits per heavy atom. The summed E-state index contributed by atoms with van der Waals surface area (Å²) in [5.74, 6) is -0.951. The van der Waals surface area contributed by atoms with Crippen LogP contribution < -0.4 is 0 Å². The minimum absolute atomic E-state index is 0.0946. The van der Waals surface area contributed by atoms with E-state index in [1.54, 1.807) is 0 Å². The molecule has 6 heteroatoms. The fraction of sp³-hybridized carbons (Fsp3) is 0.696. The van der Waals surface area contributed by atoms with E-state index in [4.69, 9.17) is 14.2 Å². The topological polar surface area (TPSA) is 78.9 Å². The third kappa shape index (κ3) is 47.6. The fourth-order valence-electron chi connectivity index (χ4n) is 6.84. The zero-order valence-electron chi connectivity index (χ0n) is 40.4. The van der Waals surface area contributed by atoms with E-state index in [9.17, 15) is 14.4 Å². The molecule has 0 saturated carbocycles. The molecule has 0 rings (SSSR count). The molecule has 0 aromatic rings. The van der Waals surface area contributed by atoms with Crippen LogP contribution in [0.5, 0.6) is 0 Å². The van der Waals surface area contributed by atoms with Gasteiger partial charge in [-0.15, -0.1) is 0 Å². The Balaban J connectivity index is 4.35. The van der Waals surface area contributed by atoms with Gasteiger partial charge in [0.05, 0.1) is 0 Å². The Labute approximate surface area is 382 Å². The maximum Gasteiger partial charge on any atom is 0.306 e. The lowest BCUT2D eigenvalue weighted by molar-refractivity contribution is -0.167. The van der Waals surface area contributed by atoms with Crippen molar-refractivity contribution in [2.75, 3.05) is 13.2 Å². The quantitative estimate of drug-likeness (QED) is 0.0199. The van der Waals surface area contributed by atoms with Crippen LogP contribution in [0.15, 0.2) is 85.1 Å². The molecule has 0 bridgehead atoms. The highest BCUT2D eigenvalue weighted by molar-refractivity contribution is 5.71. The smallest absolute Gasteiger partial charge is 0.306 e. The number of allylic oxidation sites excluding steroid dienone is 14. The molecule has 0 radical (unpaired) electrons. The Kier molecular flexibility index (Phi) is 47.5. The number of rotatable bonds is 45. The molecule has 0 aromatic carbocycles. The van der Waals surface area contributed by atoms with E-state index in [2.05, 4.69) is 106 Å². The third-order valence-corrected chi connectivity index (χ3v) is 10.6. The van der Waals surface area contributed by atoms with E-state index < -0.39 is 6.10 Å². The molecule has 0 aliphatic heterocycles. The average molecular weight is 863 g/mol. The van der Waals surface area contributed by atoms with Crippen molar-refractivity contribution in [3.8, 4) is 0 Å². The van der Waals surface area contributed by atoms with Crippen molar-refractivity contribution in [1.29, 1.82) is 0 Å². The Morgan fingerprint density at radius 2 is 0.677 bits per heavy atom. The zero-order chi connectivity index (χ0) is 45.1. The SMILES string of the molecule is CC/C=C\C/C=C\C/C=C\CCCCCCCCC(=O)OC(COC(=O)CCCC/C=C\C/C=C\CC)COC(=O)CCCCCCCCCCCC/C=C\C=C/CCCCC. The Hall–Kier alpha value is -3.41. The largest absolute Gasteiger partial charge is 0.462 e. The van der Waals surface area contributed by atoms with Crippen molar-refractivity contribution < 1.29 is 28.6 Å². The van der Waals surface area contributed by atoms with Crippen LogP contribution in [0.25, 0.3) is 0 Å². The molecule has 0 amide bonds. The highest BCUT2D eigenvalue weighted by atomic mass is 16.6. The second-order valence-corrected chi connectivity index (χ2v) is 16.7. The van der Waals surface area contributed by atoms with E-state index in [1.165, 1.54) is 89.9 Å². The van der Waals surface area contributed by atoms with Gasteiger partial charge in [0.1, 0.15) is 13.2 Å². The molecule has 0 saturated heterocycles. The summed E-state index contributed by atoms with van der Waals surface area (Å²) in [6.07, 6.45) is 64.4. The number of carbonyl (C=O) groups excluding carboxylic acids is 3. The molecular formula is C56H94O6. The van der Waals surface area contributed by atoms with Crippen LogP contribution in [-0.2, 0) is 28.6 Å². The number of esters is 3. The van der Waals surface area contributed by atoms with Crippen molar-refractivity contribution in [2.45, 2.75) is 239 Å². The molecule has 6 nitrogen and oxygen atoms in total. The van der Waals surface area contributed by atoms with Gasteiger partial charge >= 0.3 is 17.9 Å². The van der Waals surface area contributed by atoms with Gasteiger partial charge in [0.25, 0.3) is 0 Å². The van der Waals surface area contributed by atoms with Gasteiger partial charge in [-0.3, -0.25) is 14.4 Å². The third-order valence-electron chi connectivity index (χ3n) is 10.6. The first-order valence-electron chi connectivity index (χ1n) is 25.6. The standard InChI is InChI=1S/C56H94O6/c1-4-7-10-13-16-19-21-23-25-27-28-29-31-32-34-37-40-43-46-49-55(58)61-52-53(51-60-54(57)48-45-42-39-36-18-15-12-9-6-3)62-56(59)50-47-44-41-38-35-33-30-26-24-22-20-17-14-11-8-5-2/h8-9,11-12,16-21,23-24,26,36,53H,4-7,10,13-15,22,25,27-35,37-52H2,1-3H3/b11-8-,12-9-,19-16-,20-17-,23-21-,26-24-,36-18-. The minimum Gasteiger partial charge on any atom is -0.462 e. The lowest BCUT2D eigenvalue weighted by Gasteiger charge is -2.18. The predicted molar refractivity (Wildman–Crippen MR) is 265 cm³/mol. The fourth-order valence-corrected chi connectivity index (χ4v) is 6.84. The Bertz CT molecular complexity index is 1220. The average Bonchev–Trinajstić information content (AvgIpc) is 3.27. The van der Waals surface area contributed by atoms with Crippen molar-refractivity contribution in [1.82, 2.24) is 0 Å². The highest BCUT2D eigenvalue weighted by Crippen LogP contribution is 2.14. The zero-order valence-corrected chi connectivity index (χ0v) is 40.4. The van der Waals surface area contributed by atoms with E-state index in [1.807, 2.05) is 0 Å².